The van der Waals surface area contributed by atoms with Crippen LogP contribution in [0, 0.1) is 11.6 Å². The van der Waals surface area contributed by atoms with Crippen LogP contribution in [0.15, 0.2) is 53.4 Å². The topological polar surface area (TPSA) is 87.2 Å². The van der Waals surface area contributed by atoms with Crippen molar-refractivity contribution < 1.29 is 31.8 Å². The smallest absolute Gasteiger partial charge is 0.338 e. The summed E-state index contributed by atoms with van der Waals surface area (Å²) in [5, 5.41) is 9.36. The van der Waals surface area contributed by atoms with E-state index in [0.29, 0.717) is 12.1 Å². The molecule has 10 heteroatoms. The summed E-state index contributed by atoms with van der Waals surface area (Å²) in [5.74, 6) is -4.16. The summed E-state index contributed by atoms with van der Waals surface area (Å²) in [6.07, 6.45) is 1.80. The molecule has 1 atom stereocenters. The summed E-state index contributed by atoms with van der Waals surface area (Å²) in [6.45, 7) is 1.72. The van der Waals surface area contributed by atoms with Crippen LogP contribution in [0.1, 0.15) is 42.1 Å². The van der Waals surface area contributed by atoms with Gasteiger partial charge in [-0.1, -0.05) is 38.0 Å². The fourth-order valence-corrected chi connectivity index (χ4v) is 6.38. The Kier molecular flexibility index (Phi) is 5.96. The highest BCUT2D eigenvalue weighted by molar-refractivity contribution is 7.89. The Morgan fingerprint density at radius 2 is 1.83 bits per heavy atom. The molecule has 0 spiro atoms. The standard InChI is InChI=1S/C26H24F2N2O5S/c1-3-4-10-23-29(2)36(33,34)22-12-17-16-11-18(26(31)32)24(27)25(28)19(16)14-35-21(17)13-20(22)30(23)15-8-6-5-7-9-15/h5-9,11-13,23H,3-4,10,14H2,1-2H3,(H,31,32)/t23-/m0/s1. The van der Waals surface area contributed by atoms with Crippen molar-refractivity contribution >= 4 is 27.4 Å². The lowest BCUT2D eigenvalue weighted by Gasteiger charge is -2.44. The van der Waals surface area contributed by atoms with Crippen LogP contribution in [-0.4, -0.2) is 37.0 Å². The number of hydrogen-bond donors (Lipinski definition) is 1. The molecule has 2 heterocycles. The van der Waals surface area contributed by atoms with Crippen LogP contribution < -0.4 is 9.64 Å². The van der Waals surface area contributed by atoms with Crippen LogP contribution in [0.2, 0.25) is 0 Å². The van der Waals surface area contributed by atoms with Crippen molar-refractivity contribution in [2.45, 2.75) is 43.9 Å². The summed E-state index contributed by atoms with van der Waals surface area (Å²) in [6, 6.07) is 13.4. The second-order valence-corrected chi connectivity index (χ2v) is 10.8. The van der Waals surface area contributed by atoms with Gasteiger partial charge in [-0.25, -0.2) is 22.0 Å². The van der Waals surface area contributed by atoms with Gasteiger partial charge in [-0.15, -0.1) is 0 Å². The first-order valence-corrected chi connectivity index (χ1v) is 13.0. The van der Waals surface area contributed by atoms with E-state index in [-0.39, 0.29) is 33.9 Å². The average Bonchev–Trinajstić information content (AvgIpc) is 2.86. The molecule has 0 saturated heterocycles. The van der Waals surface area contributed by atoms with Crippen LogP contribution in [0.4, 0.5) is 20.2 Å². The number of nitrogens with zero attached hydrogens (tertiary/aromatic N) is 2. The first-order valence-electron chi connectivity index (χ1n) is 11.5. The maximum Gasteiger partial charge on any atom is 0.338 e. The number of halogens is 2. The zero-order valence-electron chi connectivity index (χ0n) is 19.7. The van der Waals surface area contributed by atoms with E-state index in [2.05, 4.69) is 0 Å². The molecule has 3 aromatic rings. The molecule has 2 aliphatic rings. The van der Waals surface area contributed by atoms with Gasteiger partial charge in [0.1, 0.15) is 23.4 Å². The molecule has 0 aromatic heterocycles. The van der Waals surface area contributed by atoms with Gasteiger partial charge in [0.05, 0.1) is 11.3 Å². The molecule has 0 unspecified atom stereocenters. The van der Waals surface area contributed by atoms with Crippen molar-refractivity contribution in [3.05, 3.63) is 71.3 Å². The minimum Gasteiger partial charge on any atom is -0.488 e. The molecule has 1 N–H and O–H groups in total. The predicted octanol–water partition coefficient (Wildman–Crippen LogP) is 5.51. The number of ether oxygens (including phenoxy) is 1. The first kappa shape index (κ1) is 24.2. The SMILES string of the molecule is CCCC[C@@H]1N(c2ccccc2)c2cc3c(cc2S(=O)(=O)N1C)-c1cc(C(=O)O)c(F)c(F)c1CO3. The van der Waals surface area contributed by atoms with Gasteiger partial charge in [-0.3, -0.25) is 0 Å². The van der Waals surface area contributed by atoms with Crippen molar-refractivity contribution in [1.29, 1.82) is 0 Å². The highest BCUT2D eigenvalue weighted by Gasteiger charge is 2.42. The molecule has 5 rings (SSSR count). The predicted molar refractivity (Wildman–Crippen MR) is 130 cm³/mol. The number of benzene rings is 3. The number of carbonyl (C=O) groups is 1. The molecule has 36 heavy (non-hydrogen) atoms. The molecule has 2 aliphatic heterocycles. The fourth-order valence-electron chi connectivity index (χ4n) is 4.86. The Balaban J connectivity index is 1.78. The Labute approximate surface area is 207 Å². The third-order valence-corrected chi connectivity index (χ3v) is 8.63. The average molecular weight is 515 g/mol. The Morgan fingerprint density at radius 1 is 1.11 bits per heavy atom. The molecule has 0 fully saturated rings. The largest absolute Gasteiger partial charge is 0.488 e. The van der Waals surface area contributed by atoms with E-state index in [4.69, 9.17) is 4.74 Å². The van der Waals surface area contributed by atoms with Gasteiger partial charge in [0.15, 0.2) is 11.6 Å². The minimum atomic E-state index is -3.97. The number of rotatable bonds is 5. The number of carboxylic acid groups (broad SMARTS) is 1. The van der Waals surface area contributed by atoms with Crippen molar-refractivity contribution in [2.75, 3.05) is 11.9 Å². The van der Waals surface area contributed by atoms with Gasteiger partial charge in [0, 0.05) is 29.9 Å². The van der Waals surface area contributed by atoms with Crippen LogP contribution in [-0.2, 0) is 16.6 Å². The maximum absolute atomic E-state index is 14.8. The lowest BCUT2D eigenvalue weighted by molar-refractivity contribution is 0.0690. The van der Waals surface area contributed by atoms with E-state index in [1.165, 1.54) is 17.4 Å². The summed E-state index contributed by atoms with van der Waals surface area (Å²) >= 11 is 0. The number of para-hydroxylation sites is 1. The van der Waals surface area contributed by atoms with Crippen LogP contribution in [0.5, 0.6) is 5.75 Å². The minimum absolute atomic E-state index is 0.0293. The summed E-state index contributed by atoms with van der Waals surface area (Å²) in [7, 11) is -2.45. The second kappa shape index (κ2) is 8.86. The Morgan fingerprint density at radius 3 is 2.50 bits per heavy atom. The van der Waals surface area contributed by atoms with Gasteiger partial charge < -0.3 is 14.7 Å². The number of anilines is 2. The molecule has 0 radical (unpaired) electrons. The van der Waals surface area contributed by atoms with Crippen molar-refractivity contribution in [3.63, 3.8) is 0 Å². The normalized spacial score (nSPS) is 18.1. The van der Waals surface area contributed by atoms with Gasteiger partial charge in [-0.2, -0.15) is 4.31 Å². The monoisotopic (exact) mass is 514 g/mol. The number of hydrogen-bond acceptors (Lipinski definition) is 5. The van der Waals surface area contributed by atoms with Gasteiger partial charge in [0.2, 0.25) is 10.0 Å². The van der Waals surface area contributed by atoms with Crippen molar-refractivity contribution in [3.8, 4) is 16.9 Å². The van der Waals surface area contributed by atoms with E-state index < -0.39 is 39.4 Å². The highest BCUT2D eigenvalue weighted by Crippen LogP contribution is 2.49. The highest BCUT2D eigenvalue weighted by atomic mass is 32.2. The van der Waals surface area contributed by atoms with E-state index >= 15 is 0 Å². The Hall–Kier alpha value is -3.50. The van der Waals surface area contributed by atoms with Crippen LogP contribution in [0.3, 0.4) is 0 Å². The van der Waals surface area contributed by atoms with Crippen molar-refractivity contribution in [2.24, 2.45) is 0 Å². The van der Waals surface area contributed by atoms with E-state index in [1.807, 2.05) is 42.2 Å². The molecule has 188 valence electrons. The summed E-state index contributed by atoms with van der Waals surface area (Å²) < 4.78 is 63.5. The molecule has 7 nitrogen and oxygen atoms in total. The Bertz CT molecular complexity index is 1480. The molecular weight excluding hydrogens is 490 g/mol. The third kappa shape index (κ3) is 3.63. The maximum atomic E-state index is 14.8. The van der Waals surface area contributed by atoms with E-state index in [0.717, 1.165) is 24.6 Å². The van der Waals surface area contributed by atoms with Gasteiger partial charge in [0.25, 0.3) is 0 Å². The molecule has 0 amide bonds. The quantitative estimate of drug-likeness (QED) is 0.483. The zero-order valence-corrected chi connectivity index (χ0v) is 20.5. The summed E-state index contributed by atoms with van der Waals surface area (Å²) in [5.41, 5.74) is 0.484. The molecule has 3 aromatic carbocycles. The van der Waals surface area contributed by atoms with Crippen LogP contribution in [0.25, 0.3) is 11.1 Å². The second-order valence-electron chi connectivity index (χ2n) is 8.84. The molecular formula is C26H24F2N2O5S. The van der Waals surface area contributed by atoms with Crippen molar-refractivity contribution in [1.82, 2.24) is 4.31 Å². The molecule has 0 bridgehead atoms. The van der Waals surface area contributed by atoms with E-state index in [9.17, 15) is 27.1 Å². The molecule has 0 saturated carbocycles. The first-order chi connectivity index (χ1) is 17.2. The lowest BCUT2D eigenvalue weighted by Crippen LogP contribution is -2.51. The van der Waals surface area contributed by atoms with Gasteiger partial charge in [-0.05, 0) is 36.2 Å². The number of carboxylic acids is 1. The van der Waals surface area contributed by atoms with Crippen LogP contribution >= 0.6 is 0 Å². The number of aromatic carboxylic acids is 1. The van der Waals surface area contributed by atoms with Gasteiger partial charge >= 0.3 is 5.97 Å². The summed E-state index contributed by atoms with van der Waals surface area (Å²) in [4.78, 5) is 13.4. The lowest BCUT2D eigenvalue weighted by atomic mass is 9.93. The van der Waals surface area contributed by atoms with E-state index in [1.54, 1.807) is 6.07 Å². The zero-order chi connectivity index (χ0) is 25.8. The third-order valence-electron chi connectivity index (χ3n) is 6.75. The molecule has 0 aliphatic carbocycles. The number of sulfonamides is 1. The fraction of sp³-hybridized carbons (Fsp3) is 0.269. The number of unbranched alkanes of at least 4 members (excludes halogenated alkanes) is 1. The number of fused-ring (bicyclic) bond motifs is 4.